The molecule has 104 valence electrons. The summed E-state index contributed by atoms with van der Waals surface area (Å²) in [6.45, 7) is 1.32. The van der Waals surface area contributed by atoms with Gasteiger partial charge in [-0.2, -0.15) is 0 Å². The lowest BCUT2D eigenvalue weighted by Crippen LogP contribution is -2.44. The highest BCUT2D eigenvalue weighted by atomic mass is 35.5. The van der Waals surface area contributed by atoms with Crippen LogP contribution in [-0.2, 0) is 0 Å². The van der Waals surface area contributed by atoms with Crippen LogP contribution in [-0.4, -0.2) is 48.9 Å². The first-order valence-corrected chi connectivity index (χ1v) is 6.77. The van der Waals surface area contributed by atoms with E-state index in [4.69, 9.17) is 11.6 Å². The number of halogens is 2. The second kappa shape index (κ2) is 5.88. The van der Waals surface area contributed by atoms with Crippen LogP contribution in [0.25, 0.3) is 0 Å². The fourth-order valence-corrected chi connectivity index (χ4v) is 2.59. The normalized spacial score (nSPS) is 17.0. The molecule has 0 aromatic heterocycles. The predicted octanol–water partition coefficient (Wildman–Crippen LogP) is 2.65. The molecule has 1 saturated heterocycles. The highest BCUT2D eigenvalue weighted by Crippen LogP contribution is 2.20. The second-order valence-electron chi connectivity index (χ2n) is 5.11. The van der Waals surface area contributed by atoms with Gasteiger partial charge in [-0.3, -0.25) is 4.79 Å². The molecule has 0 atom stereocenters. The number of benzene rings is 1. The third-order valence-corrected chi connectivity index (χ3v) is 3.88. The summed E-state index contributed by atoms with van der Waals surface area (Å²) in [5.41, 5.74) is 0.0656. The summed E-state index contributed by atoms with van der Waals surface area (Å²) in [5, 5.41) is 0.382. The molecule has 2 rings (SSSR count). The summed E-state index contributed by atoms with van der Waals surface area (Å²) < 4.78 is 13.7. The summed E-state index contributed by atoms with van der Waals surface area (Å²) in [6, 6.07) is 4.58. The Kier molecular flexibility index (Phi) is 4.42. The van der Waals surface area contributed by atoms with Gasteiger partial charge in [0, 0.05) is 24.2 Å². The molecule has 1 aromatic rings. The molecule has 0 saturated carbocycles. The van der Waals surface area contributed by atoms with E-state index in [1.54, 1.807) is 4.90 Å². The van der Waals surface area contributed by atoms with Gasteiger partial charge in [-0.1, -0.05) is 11.6 Å². The Labute approximate surface area is 117 Å². The SMILES string of the molecule is CN(C)C1CCN(C(=O)c2cc(Cl)ccc2F)CC1. The molecule has 0 aliphatic carbocycles. The number of hydrogen-bond acceptors (Lipinski definition) is 2. The van der Waals surface area contributed by atoms with Gasteiger partial charge in [0.2, 0.25) is 0 Å². The number of carbonyl (C=O) groups is 1. The molecule has 0 radical (unpaired) electrons. The van der Waals surface area contributed by atoms with Crippen molar-refractivity contribution in [2.45, 2.75) is 18.9 Å². The molecule has 1 aromatic carbocycles. The van der Waals surface area contributed by atoms with Crippen LogP contribution in [0, 0.1) is 5.82 Å². The quantitative estimate of drug-likeness (QED) is 0.833. The summed E-state index contributed by atoms with van der Waals surface area (Å²) in [6.07, 6.45) is 1.84. The van der Waals surface area contributed by atoms with Crippen molar-refractivity contribution in [1.82, 2.24) is 9.80 Å². The fraction of sp³-hybridized carbons (Fsp3) is 0.500. The number of hydrogen-bond donors (Lipinski definition) is 0. The molecule has 0 unspecified atom stereocenters. The van der Waals surface area contributed by atoms with Crippen LogP contribution < -0.4 is 0 Å². The molecule has 1 aliphatic rings. The van der Waals surface area contributed by atoms with Gasteiger partial charge < -0.3 is 9.80 Å². The van der Waals surface area contributed by atoms with Gasteiger partial charge in [-0.05, 0) is 45.1 Å². The first kappa shape index (κ1) is 14.3. The molecular weight excluding hydrogens is 267 g/mol. The summed E-state index contributed by atoms with van der Waals surface area (Å²) >= 11 is 5.82. The van der Waals surface area contributed by atoms with Gasteiger partial charge in [0.05, 0.1) is 5.56 Å². The third-order valence-electron chi connectivity index (χ3n) is 3.64. The molecule has 5 heteroatoms. The van der Waals surface area contributed by atoms with Crippen molar-refractivity contribution in [3.05, 3.63) is 34.6 Å². The zero-order valence-corrected chi connectivity index (χ0v) is 12.0. The van der Waals surface area contributed by atoms with Crippen molar-refractivity contribution in [3.63, 3.8) is 0 Å². The smallest absolute Gasteiger partial charge is 0.256 e. The number of amides is 1. The first-order valence-electron chi connectivity index (χ1n) is 6.40. The van der Waals surface area contributed by atoms with Crippen LogP contribution in [0.3, 0.4) is 0 Å². The largest absolute Gasteiger partial charge is 0.338 e. The predicted molar refractivity (Wildman–Crippen MR) is 74.0 cm³/mol. The summed E-state index contributed by atoms with van der Waals surface area (Å²) in [4.78, 5) is 16.1. The van der Waals surface area contributed by atoms with Crippen molar-refractivity contribution in [2.24, 2.45) is 0 Å². The van der Waals surface area contributed by atoms with Gasteiger partial charge in [0.1, 0.15) is 5.82 Å². The Morgan fingerprint density at radius 1 is 1.37 bits per heavy atom. The molecule has 0 spiro atoms. The van der Waals surface area contributed by atoms with Crippen molar-refractivity contribution < 1.29 is 9.18 Å². The van der Waals surface area contributed by atoms with Gasteiger partial charge >= 0.3 is 0 Å². The van der Waals surface area contributed by atoms with Crippen LogP contribution in [0.15, 0.2) is 18.2 Å². The Morgan fingerprint density at radius 3 is 2.58 bits per heavy atom. The molecule has 3 nitrogen and oxygen atoms in total. The van der Waals surface area contributed by atoms with Crippen molar-refractivity contribution in [3.8, 4) is 0 Å². The molecule has 19 heavy (non-hydrogen) atoms. The molecule has 1 aliphatic heterocycles. The van der Waals surface area contributed by atoms with E-state index in [0.717, 1.165) is 12.8 Å². The Bertz CT molecular complexity index is 471. The lowest BCUT2D eigenvalue weighted by Gasteiger charge is -2.35. The average molecular weight is 285 g/mol. The van der Waals surface area contributed by atoms with Crippen LogP contribution in [0.2, 0.25) is 5.02 Å². The zero-order valence-electron chi connectivity index (χ0n) is 11.2. The highest BCUT2D eigenvalue weighted by molar-refractivity contribution is 6.31. The standard InChI is InChI=1S/C14H18ClFN2O/c1-17(2)11-5-7-18(8-6-11)14(19)12-9-10(15)3-4-13(12)16/h3-4,9,11H,5-8H2,1-2H3. The van der Waals surface area contributed by atoms with Crippen LogP contribution in [0.4, 0.5) is 4.39 Å². The summed E-state index contributed by atoms with van der Waals surface area (Å²) in [7, 11) is 4.08. The molecule has 0 bridgehead atoms. The second-order valence-corrected chi connectivity index (χ2v) is 5.55. The monoisotopic (exact) mass is 284 g/mol. The number of piperidine rings is 1. The minimum absolute atomic E-state index is 0.0656. The van der Waals surface area contributed by atoms with Crippen molar-refractivity contribution in [1.29, 1.82) is 0 Å². The average Bonchev–Trinajstić information content (AvgIpc) is 2.41. The maximum absolute atomic E-state index is 13.7. The van der Waals surface area contributed by atoms with Crippen molar-refractivity contribution >= 4 is 17.5 Å². The Balaban J connectivity index is 2.07. The first-order chi connectivity index (χ1) is 8.99. The van der Waals surface area contributed by atoms with E-state index in [1.807, 2.05) is 14.1 Å². The van der Waals surface area contributed by atoms with E-state index in [0.29, 0.717) is 24.2 Å². The van der Waals surface area contributed by atoms with E-state index in [1.165, 1.54) is 18.2 Å². The van der Waals surface area contributed by atoms with Crippen LogP contribution in [0.5, 0.6) is 0 Å². The van der Waals surface area contributed by atoms with Crippen LogP contribution in [0.1, 0.15) is 23.2 Å². The lowest BCUT2D eigenvalue weighted by molar-refractivity contribution is 0.0658. The van der Waals surface area contributed by atoms with Crippen LogP contribution >= 0.6 is 11.6 Å². The third kappa shape index (κ3) is 3.25. The molecule has 1 fully saturated rings. The maximum Gasteiger partial charge on any atom is 0.256 e. The zero-order chi connectivity index (χ0) is 14.0. The Morgan fingerprint density at radius 2 is 2.00 bits per heavy atom. The van der Waals surface area contributed by atoms with E-state index in [9.17, 15) is 9.18 Å². The molecule has 1 heterocycles. The maximum atomic E-state index is 13.7. The van der Waals surface area contributed by atoms with Gasteiger partial charge in [0.25, 0.3) is 5.91 Å². The fourth-order valence-electron chi connectivity index (χ4n) is 2.42. The van der Waals surface area contributed by atoms with Gasteiger partial charge in [-0.15, -0.1) is 0 Å². The molecular formula is C14H18ClFN2O. The van der Waals surface area contributed by atoms with E-state index in [2.05, 4.69) is 4.90 Å². The molecule has 0 N–H and O–H groups in total. The highest BCUT2D eigenvalue weighted by Gasteiger charge is 2.26. The summed E-state index contributed by atoms with van der Waals surface area (Å²) in [5.74, 6) is -0.777. The minimum atomic E-state index is -0.510. The lowest BCUT2D eigenvalue weighted by atomic mass is 10.0. The van der Waals surface area contributed by atoms with Gasteiger partial charge in [0.15, 0.2) is 0 Å². The van der Waals surface area contributed by atoms with E-state index >= 15 is 0 Å². The van der Waals surface area contributed by atoms with E-state index < -0.39 is 5.82 Å². The topological polar surface area (TPSA) is 23.6 Å². The van der Waals surface area contributed by atoms with E-state index in [-0.39, 0.29) is 11.5 Å². The molecule has 1 amide bonds. The number of likely N-dealkylation sites (tertiary alicyclic amines) is 1. The van der Waals surface area contributed by atoms with Crippen molar-refractivity contribution in [2.75, 3.05) is 27.2 Å². The minimum Gasteiger partial charge on any atom is -0.338 e. The Hall–Kier alpha value is -1.13. The number of rotatable bonds is 2. The number of carbonyl (C=O) groups excluding carboxylic acids is 1. The number of nitrogens with zero attached hydrogens (tertiary/aromatic N) is 2. The van der Waals surface area contributed by atoms with Gasteiger partial charge in [-0.25, -0.2) is 4.39 Å².